The molecule has 0 spiro atoms. The fourth-order valence-electron chi connectivity index (χ4n) is 3.70. The third kappa shape index (κ3) is 3.47. The van der Waals surface area contributed by atoms with Crippen LogP contribution in [0.3, 0.4) is 0 Å². The van der Waals surface area contributed by atoms with E-state index >= 15 is 0 Å². The summed E-state index contributed by atoms with van der Waals surface area (Å²) in [5.74, 6) is -0.248. The van der Waals surface area contributed by atoms with Crippen molar-refractivity contribution < 1.29 is 9.59 Å². The summed E-state index contributed by atoms with van der Waals surface area (Å²) >= 11 is 0. The lowest BCUT2D eigenvalue weighted by molar-refractivity contribution is -0.129. The molecule has 2 heterocycles. The van der Waals surface area contributed by atoms with E-state index in [1.807, 2.05) is 36.4 Å². The molecule has 5 heteroatoms. The van der Waals surface area contributed by atoms with Crippen molar-refractivity contribution in [2.45, 2.75) is 31.2 Å². The van der Waals surface area contributed by atoms with Crippen LogP contribution in [-0.2, 0) is 21.5 Å². The standard InChI is InChI=1S/C21H23N3O2/c25-19-12-16(13-24(19)14-18-8-4-5-11-22-18)20(26)23-15-21(9-10-21)17-6-2-1-3-7-17/h1-8,11,16H,9-10,12-15H2,(H,23,26)/t16-/m0/s1. The molecule has 1 aromatic heterocycles. The highest BCUT2D eigenvalue weighted by Gasteiger charge is 2.45. The topological polar surface area (TPSA) is 62.3 Å². The van der Waals surface area contributed by atoms with Gasteiger partial charge in [0.1, 0.15) is 0 Å². The van der Waals surface area contributed by atoms with Gasteiger partial charge >= 0.3 is 0 Å². The first-order valence-corrected chi connectivity index (χ1v) is 9.17. The largest absolute Gasteiger partial charge is 0.355 e. The van der Waals surface area contributed by atoms with Gasteiger partial charge in [-0.25, -0.2) is 0 Å². The maximum Gasteiger partial charge on any atom is 0.225 e. The predicted molar refractivity (Wildman–Crippen MR) is 98.1 cm³/mol. The van der Waals surface area contributed by atoms with Crippen LogP contribution in [0.25, 0.3) is 0 Å². The van der Waals surface area contributed by atoms with E-state index in [1.165, 1.54) is 5.56 Å². The Morgan fingerprint density at radius 1 is 1.15 bits per heavy atom. The highest BCUT2D eigenvalue weighted by atomic mass is 16.2. The maximum atomic E-state index is 12.6. The second-order valence-corrected chi connectivity index (χ2v) is 7.36. The van der Waals surface area contributed by atoms with Crippen LogP contribution >= 0.6 is 0 Å². The summed E-state index contributed by atoms with van der Waals surface area (Å²) in [6.07, 6.45) is 4.22. The summed E-state index contributed by atoms with van der Waals surface area (Å²) in [6.45, 7) is 1.60. The molecule has 1 aliphatic heterocycles. The molecule has 1 saturated carbocycles. The summed E-state index contributed by atoms with van der Waals surface area (Å²) < 4.78 is 0. The summed E-state index contributed by atoms with van der Waals surface area (Å²) in [4.78, 5) is 30.8. The number of amides is 2. The average Bonchev–Trinajstić information content (AvgIpc) is 3.39. The molecule has 1 aromatic carbocycles. The third-order valence-corrected chi connectivity index (χ3v) is 5.51. The van der Waals surface area contributed by atoms with E-state index in [4.69, 9.17) is 0 Å². The van der Waals surface area contributed by atoms with Crippen LogP contribution < -0.4 is 5.32 Å². The first kappa shape index (κ1) is 16.8. The molecule has 4 rings (SSSR count). The average molecular weight is 349 g/mol. The fourth-order valence-corrected chi connectivity index (χ4v) is 3.70. The van der Waals surface area contributed by atoms with Crippen LogP contribution in [0.1, 0.15) is 30.5 Å². The van der Waals surface area contributed by atoms with Gasteiger partial charge in [0, 0.05) is 31.1 Å². The Morgan fingerprint density at radius 3 is 2.62 bits per heavy atom. The Hall–Kier alpha value is -2.69. The van der Waals surface area contributed by atoms with Crippen molar-refractivity contribution in [3.63, 3.8) is 0 Å². The van der Waals surface area contributed by atoms with Crippen LogP contribution in [0, 0.1) is 5.92 Å². The predicted octanol–water partition coefficient (Wildman–Crippen LogP) is 2.28. The lowest BCUT2D eigenvalue weighted by Gasteiger charge is -2.19. The second kappa shape index (κ2) is 6.90. The highest BCUT2D eigenvalue weighted by Crippen LogP contribution is 2.47. The SMILES string of the molecule is O=C(NCC1(c2ccccc2)CC1)[C@H]1CC(=O)N(Cc2ccccn2)C1. The van der Waals surface area contributed by atoms with E-state index in [9.17, 15) is 9.59 Å². The van der Waals surface area contributed by atoms with Crippen molar-refractivity contribution in [2.24, 2.45) is 5.92 Å². The van der Waals surface area contributed by atoms with E-state index in [2.05, 4.69) is 22.4 Å². The fraction of sp³-hybridized carbons (Fsp3) is 0.381. The molecular weight excluding hydrogens is 326 g/mol. The summed E-state index contributed by atoms with van der Waals surface area (Å²) in [6, 6.07) is 16.0. The van der Waals surface area contributed by atoms with Crippen molar-refractivity contribution in [3.05, 3.63) is 66.0 Å². The first-order chi connectivity index (χ1) is 12.7. The van der Waals surface area contributed by atoms with E-state index in [0.29, 0.717) is 19.6 Å². The minimum absolute atomic E-state index is 0.0101. The summed E-state index contributed by atoms with van der Waals surface area (Å²) in [5.41, 5.74) is 2.23. The maximum absolute atomic E-state index is 12.6. The number of nitrogens with one attached hydrogen (secondary N) is 1. The minimum Gasteiger partial charge on any atom is -0.355 e. The molecule has 26 heavy (non-hydrogen) atoms. The Bertz CT molecular complexity index is 787. The van der Waals surface area contributed by atoms with E-state index in [0.717, 1.165) is 18.5 Å². The molecule has 2 amide bonds. The molecule has 134 valence electrons. The quantitative estimate of drug-likeness (QED) is 0.870. The molecule has 2 aromatic rings. The zero-order valence-corrected chi connectivity index (χ0v) is 14.7. The molecule has 2 fully saturated rings. The van der Waals surface area contributed by atoms with E-state index in [1.54, 1.807) is 11.1 Å². The number of benzene rings is 1. The van der Waals surface area contributed by atoms with Gasteiger partial charge in [0.05, 0.1) is 18.2 Å². The van der Waals surface area contributed by atoms with Crippen molar-refractivity contribution in [1.29, 1.82) is 0 Å². The van der Waals surface area contributed by atoms with E-state index < -0.39 is 0 Å². The van der Waals surface area contributed by atoms with Gasteiger partial charge in [-0.2, -0.15) is 0 Å². The summed E-state index contributed by atoms with van der Waals surface area (Å²) in [7, 11) is 0. The zero-order valence-electron chi connectivity index (χ0n) is 14.7. The summed E-state index contributed by atoms with van der Waals surface area (Å²) in [5, 5.41) is 3.10. The lowest BCUT2D eigenvalue weighted by atomic mass is 9.95. The molecule has 1 aliphatic carbocycles. The number of carbonyl (C=O) groups excluding carboxylic acids is 2. The van der Waals surface area contributed by atoms with Gasteiger partial charge in [-0.05, 0) is 30.5 Å². The Balaban J connectivity index is 1.32. The minimum atomic E-state index is -0.266. The Kier molecular flexibility index (Phi) is 4.45. The van der Waals surface area contributed by atoms with Gasteiger partial charge in [0.25, 0.3) is 0 Å². The molecule has 1 atom stereocenters. The number of aromatic nitrogens is 1. The smallest absolute Gasteiger partial charge is 0.225 e. The second-order valence-electron chi connectivity index (χ2n) is 7.36. The van der Waals surface area contributed by atoms with Gasteiger partial charge < -0.3 is 10.2 Å². The van der Waals surface area contributed by atoms with Crippen molar-refractivity contribution in [2.75, 3.05) is 13.1 Å². The number of rotatable bonds is 6. The van der Waals surface area contributed by atoms with Crippen molar-refractivity contribution in [1.82, 2.24) is 15.2 Å². The highest BCUT2D eigenvalue weighted by molar-refractivity contribution is 5.89. The molecule has 5 nitrogen and oxygen atoms in total. The van der Waals surface area contributed by atoms with Crippen molar-refractivity contribution in [3.8, 4) is 0 Å². The molecule has 1 N–H and O–H groups in total. The molecular formula is C21H23N3O2. The van der Waals surface area contributed by atoms with E-state index in [-0.39, 0.29) is 29.6 Å². The van der Waals surface area contributed by atoms with Crippen molar-refractivity contribution >= 4 is 11.8 Å². The molecule has 0 radical (unpaired) electrons. The third-order valence-electron chi connectivity index (χ3n) is 5.51. The zero-order chi connectivity index (χ0) is 18.0. The van der Waals surface area contributed by atoms with Crippen LogP contribution in [-0.4, -0.2) is 34.8 Å². The number of likely N-dealkylation sites (tertiary alicyclic amines) is 1. The van der Waals surface area contributed by atoms with Crippen LogP contribution in [0.2, 0.25) is 0 Å². The Labute approximate surface area is 153 Å². The van der Waals surface area contributed by atoms with Gasteiger partial charge in [-0.3, -0.25) is 14.6 Å². The lowest BCUT2D eigenvalue weighted by Crippen LogP contribution is -2.37. The molecule has 2 aliphatic rings. The first-order valence-electron chi connectivity index (χ1n) is 9.17. The molecule has 0 bridgehead atoms. The number of carbonyl (C=O) groups is 2. The van der Waals surface area contributed by atoms with Gasteiger partial charge in [0.15, 0.2) is 0 Å². The normalized spacial score (nSPS) is 20.8. The van der Waals surface area contributed by atoms with Gasteiger partial charge in [-0.1, -0.05) is 36.4 Å². The number of hydrogen-bond donors (Lipinski definition) is 1. The van der Waals surface area contributed by atoms with Crippen LogP contribution in [0.15, 0.2) is 54.7 Å². The van der Waals surface area contributed by atoms with Gasteiger partial charge in [-0.15, -0.1) is 0 Å². The molecule has 1 saturated heterocycles. The van der Waals surface area contributed by atoms with Crippen LogP contribution in [0.5, 0.6) is 0 Å². The number of nitrogens with zero attached hydrogens (tertiary/aromatic N) is 2. The number of hydrogen-bond acceptors (Lipinski definition) is 3. The number of pyridine rings is 1. The Morgan fingerprint density at radius 2 is 1.92 bits per heavy atom. The van der Waals surface area contributed by atoms with Crippen LogP contribution in [0.4, 0.5) is 0 Å². The monoisotopic (exact) mass is 349 g/mol. The van der Waals surface area contributed by atoms with Gasteiger partial charge in [0.2, 0.25) is 11.8 Å². The molecule has 0 unspecified atom stereocenters.